The number of nitrogens with one attached hydrogen (secondary N) is 4. The number of carboxylic acids is 2. The van der Waals surface area contributed by atoms with Crippen molar-refractivity contribution in [2.45, 2.75) is 344 Å². The lowest BCUT2D eigenvalue weighted by Crippen LogP contribution is -2.58. The van der Waals surface area contributed by atoms with Crippen LogP contribution in [0.1, 0.15) is 261 Å². The molecule has 0 saturated heterocycles. The Kier molecular flexibility index (Phi) is 39.3. The zero-order valence-electron chi connectivity index (χ0n) is 72.0. The van der Waals surface area contributed by atoms with Gasteiger partial charge in [0.2, 0.25) is 0 Å². The molecule has 4 amide bonds. The summed E-state index contributed by atoms with van der Waals surface area (Å²) in [5.74, 6) is -3.12. The van der Waals surface area contributed by atoms with Crippen LogP contribution in [0.3, 0.4) is 0 Å². The third-order valence-electron chi connectivity index (χ3n) is 20.8. The average Bonchev–Trinajstić information content (AvgIpc) is 0.818. The highest BCUT2D eigenvalue weighted by atomic mass is 16.6. The monoisotopic (exact) mass is 1660 g/mol. The van der Waals surface area contributed by atoms with E-state index >= 15 is 0 Å². The Hall–Kier alpha value is -9.14. The minimum atomic E-state index is -1.28. The molecule has 11 N–H and O–H groups in total. The Labute approximate surface area is 694 Å². The second-order valence-electron chi connectivity index (χ2n) is 35.1. The van der Waals surface area contributed by atoms with Gasteiger partial charge in [-0.2, -0.15) is 0 Å². The van der Waals surface area contributed by atoms with Crippen LogP contribution in [0.25, 0.3) is 0 Å². The van der Waals surface area contributed by atoms with Crippen molar-refractivity contribution in [2.24, 2.45) is 11.5 Å². The maximum absolute atomic E-state index is 12.2. The van der Waals surface area contributed by atoms with Crippen molar-refractivity contribution < 1.29 is 120 Å². The summed E-state index contributed by atoms with van der Waals surface area (Å²) in [7, 11) is 3.86. The fraction of sp³-hybridized carbons (Fsp3) is 0.655. The fourth-order valence-electron chi connectivity index (χ4n) is 13.9. The summed E-state index contributed by atoms with van der Waals surface area (Å²) in [6.07, 6.45) is 8.29. The number of nitrogens with two attached hydrogens (primary N) is 2. The number of aliphatic hydroxyl groups is 1. The minimum absolute atomic E-state index is 0.00637. The normalized spacial score (nSPS) is 24.0. The number of aliphatic hydroxyl groups excluding tert-OH is 1. The van der Waals surface area contributed by atoms with E-state index in [1.165, 1.54) is 28.3 Å². The van der Waals surface area contributed by atoms with Crippen molar-refractivity contribution in [3.05, 3.63) is 108 Å². The molecule has 0 spiro atoms. The Morgan fingerprint density at radius 3 is 0.907 bits per heavy atom. The van der Waals surface area contributed by atoms with Gasteiger partial charge >= 0.3 is 54.2 Å². The number of carbonyl (C=O) groups excluding carboxylic acids is 10. The molecule has 9 rings (SSSR count). The first-order valence-electron chi connectivity index (χ1n) is 40.5. The minimum Gasteiger partial charge on any atom is -0.480 e. The van der Waals surface area contributed by atoms with Crippen LogP contribution in [0, 0.1) is 0 Å². The lowest BCUT2D eigenvalue weighted by molar-refractivity contribution is -0.151. The van der Waals surface area contributed by atoms with Crippen molar-refractivity contribution in [2.75, 3.05) is 21.3 Å². The number of aliphatic carboxylic acids is 2. The van der Waals surface area contributed by atoms with Crippen molar-refractivity contribution in [1.29, 1.82) is 0 Å². The van der Waals surface area contributed by atoms with Crippen molar-refractivity contribution >= 4 is 71.6 Å². The molecular weight excluding hydrogens is 1530 g/mol. The largest absolute Gasteiger partial charge is 0.480 e. The van der Waals surface area contributed by atoms with Crippen molar-refractivity contribution in [1.82, 2.24) is 21.3 Å². The molecule has 118 heavy (non-hydrogen) atoms. The van der Waals surface area contributed by atoms with Gasteiger partial charge in [-0.25, -0.2) is 33.6 Å². The van der Waals surface area contributed by atoms with Gasteiger partial charge in [0.25, 0.3) is 0 Å². The molecule has 3 aromatic carbocycles. The van der Waals surface area contributed by atoms with Gasteiger partial charge in [0.15, 0.2) is 5.78 Å². The summed E-state index contributed by atoms with van der Waals surface area (Å²) in [5, 5.41) is 38.7. The van der Waals surface area contributed by atoms with Crippen LogP contribution in [0.2, 0.25) is 0 Å². The van der Waals surface area contributed by atoms with Gasteiger partial charge in [-0.05, 0) is 235 Å². The summed E-state index contributed by atoms with van der Waals surface area (Å²) in [6, 6.07) is 29.9. The molecule has 6 aliphatic carbocycles. The number of alkyl carbamates (subject to hydrolysis) is 4. The Morgan fingerprint density at radius 2 is 0.627 bits per heavy atom. The Balaban J connectivity index is 0.000000302. The number of carboxylic acid groups (broad SMARTS) is 2. The third-order valence-corrected chi connectivity index (χ3v) is 20.8. The van der Waals surface area contributed by atoms with Crippen LogP contribution in [0.15, 0.2) is 91.0 Å². The topological polar surface area (TPSA) is 458 Å². The maximum Gasteiger partial charge on any atom is 0.408 e. The van der Waals surface area contributed by atoms with E-state index in [-0.39, 0.29) is 61.3 Å². The molecule has 6 aliphatic rings. The van der Waals surface area contributed by atoms with E-state index in [0.717, 1.165) is 42.4 Å². The van der Waals surface area contributed by atoms with Crippen LogP contribution in [0.4, 0.5) is 19.2 Å². The van der Waals surface area contributed by atoms with Gasteiger partial charge in [-0.1, -0.05) is 91.0 Å². The van der Waals surface area contributed by atoms with E-state index in [2.05, 4.69) is 26.0 Å². The quantitative estimate of drug-likeness (QED) is 0.0397. The van der Waals surface area contributed by atoms with E-state index in [1.807, 2.05) is 91.0 Å². The molecule has 660 valence electrons. The number of carbonyl (C=O) groups is 12. The number of methoxy groups -OCH3 is 3. The molecular formula is C87H132N6O25. The zero-order chi connectivity index (χ0) is 88.6. The highest BCUT2D eigenvalue weighted by Gasteiger charge is 2.49. The lowest BCUT2D eigenvalue weighted by atomic mass is 9.78. The summed E-state index contributed by atoms with van der Waals surface area (Å²) >= 11 is 0. The number of rotatable bonds is 19. The number of ether oxygens (including phenoxy) is 10. The molecule has 6 fully saturated rings. The smallest absolute Gasteiger partial charge is 0.408 e. The van der Waals surface area contributed by atoms with E-state index in [4.69, 9.17) is 59.2 Å². The second-order valence-corrected chi connectivity index (χ2v) is 35.1. The number of ketones is 3. The number of hydrogen-bond donors (Lipinski definition) is 9. The maximum atomic E-state index is 12.2. The van der Waals surface area contributed by atoms with Gasteiger partial charge in [0.05, 0.1) is 65.6 Å². The van der Waals surface area contributed by atoms with Crippen LogP contribution >= 0.6 is 0 Å². The summed E-state index contributed by atoms with van der Waals surface area (Å²) in [6.45, 7) is 24.3. The van der Waals surface area contributed by atoms with Crippen LogP contribution in [0.5, 0.6) is 0 Å². The number of esters is 3. The third kappa shape index (κ3) is 35.4. The SMILES string of the molecule is CC(=O)C1(NC(=O)OC(C)(C)C)CCC(OCc2ccccc2)CC1.CC(C)(C)OC(=O)NC1(C(=O)O)CCC(OCc2ccccc2)CC1.COC(=O)C1(N)CCC(=O)CC1.COC(=O)C1(NC(=O)OC(C)(C)C)CCC(=O)CC1.COC(=O)C1(NC(=O)OC(C)(C)C)CCC(O)CC1.NC1(C(=O)O)CCC(OCc2ccccc2)CC1. The van der Waals surface area contributed by atoms with E-state index in [0.29, 0.717) is 123 Å². The van der Waals surface area contributed by atoms with Gasteiger partial charge < -0.3 is 95.4 Å². The summed E-state index contributed by atoms with van der Waals surface area (Å²) < 4.78 is 52.5. The van der Waals surface area contributed by atoms with Gasteiger partial charge in [-0.15, -0.1) is 0 Å². The molecule has 0 bridgehead atoms. The fourth-order valence-corrected chi connectivity index (χ4v) is 13.9. The first kappa shape index (κ1) is 101. The molecule has 0 atom stereocenters. The average molecular weight is 1660 g/mol. The van der Waals surface area contributed by atoms with Gasteiger partial charge in [-0.3, -0.25) is 24.0 Å². The zero-order valence-corrected chi connectivity index (χ0v) is 72.0. The molecule has 0 radical (unpaired) electrons. The Bertz CT molecular complexity index is 3600. The second kappa shape index (κ2) is 45.9. The predicted octanol–water partition coefficient (Wildman–Crippen LogP) is 12.3. The van der Waals surface area contributed by atoms with Gasteiger partial charge in [0.1, 0.15) is 67.2 Å². The van der Waals surface area contributed by atoms with Gasteiger partial charge in [0, 0.05) is 25.7 Å². The molecule has 31 heteroatoms. The summed E-state index contributed by atoms with van der Waals surface area (Å²) in [4.78, 5) is 140. The molecule has 31 nitrogen and oxygen atoms in total. The highest BCUT2D eigenvalue weighted by Crippen LogP contribution is 2.36. The standard InChI is InChI=1S/C20H29NO4.C19H27NO5.C14H19NO3.C13H23NO5.C13H21NO5.C8H13NO3/c1-15(22)20(21-18(23)25-19(2,3)4)12-10-17(11-13-20)24-14-16-8-6-5-7-9-16;1-18(2,3)25-17(23)20-19(16(21)22)11-9-15(10-12-19)24-13-14-7-5-4-6-8-14;15-14(13(16)17)8-6-12(7-9-14)18-10-11-4-2-1-3-5-11;2*1-12(2,3)19-11(17)14-13(10(16)18-4)7-5-9(15)6-8-13;1-12-7(11)8(9)4-2-6(10)3-5-8/h5-9,17H,10-14H2,1-4H3,(H,21,23);4-8,15H,9-13H2,1-3H3,(H,20,23)(H,21,22);1-5,12H,6-10,15H2,(H,16,17);9,15H,5-8H2,1-4H3,(H,14,17);5-8H2,1-4H3,(H,14,17);2-5,9H2,1H3. The number of benzene rings is 3. The first-order valence-corrected chi connectivity index (χ1v) is 40.5. The molecule has 0 unspecified atom stereocenters. The molecule has 0 aromatic heterocycles. The molecule has 0 heterocycles. The highest BCUT2D eigenvalue weighted by molar-refractivity contribution is 5.91. The van der Waals surface area contributed by atoms with E-state index in [9.17, 15) is 67.7 Å². The Morgan fingerprint density at radius 1 is 0.364 bits per heavy atom. The van der Waals surface area contributed by atoms with Crippen molar-refractivity contribution in [3.63, 3.8) is 0 Å². The first-order chi connectivity index (χ1) is 55.0. The molecule has 6 saturated carbocycles. The van der Waals surface area contributed by atoms with E-state index in [1.54, 1.807) is 83.1 Å². The van der Waals surface area contributed by atoms with E-state index < -0.39 is 116 Å². The van der Waals surface area contributed by atoms with Crippen LogP contribution in [-0.4, -0.2) is 188 Å². The lowest BCUT2D eigenvalue weighted by Gasteiger charge is -2.39. The van der Waals surface area contributed by atoms with Crippen LogP contribution in [-0.2, 0) is 106 Å². The predicted molar refractivity (Wildman–Crippen MR) is 436 cm³/mol. The number of Topliss-reactive ketones (excluding diaryl/α,β-unsaturated/α-hetero) is 3. The summed E-state index contributed by atoms with van der Waals surface area (Å²) in [5.41, 5.74) is 6.08. The van der Waals surface area contributed by atoms with Crippen molar-refractivity contribution in [3.8, 4) is 0 Å². The number of hydrogen-bond acceptors (Lipinski definition) is 25. The number of amides is 4. The van der Waals surface area contributed by atoms with Crippen LogP contribution < -0.4 is 32.7 Å². The molecule has 0 aliphatic heterocycles. The molecule has 3 aromatic rings.